The third-order valence-electron chi connectivity index (χ3n) is 3.35. The van der Waals surface area contributed by atoms with Crippen LogP contribution in [0.1, 0.15) is 11.4 Å². The van der Waals surface area contributed by atoms with Crippen LogP contribution in [0, 0.1) is 18.6 Å². The molecule has 0 saturated heterocycles. The third-order valence-corrected chi connectivity index (χ3v) is 3.54. The van der Waals surface area contributed by atoms with E-state index in [1.165, 1.54) is 6.07 Å². The van der Waals surface area contributed by atoms with Crippen LogP contribution in [-0.4, -0.2) is 15.4 Å². The first-order valence-corrected chi connectivity index (χ1v) is 7.13. The van der Waals surface area contributed by atoms with Gasteiger partial charge in [-0.2, -0.15) is 0 Å². The Balaban J connectivity index is 2.35. The number of alkyl halides is 1. The lowest BCUT2D eigenvalue weighted by Crippen LogP contribution is -2.05. The summed E-state index contributed by atoms with van der Waals surface area (Å²) in [4.78, 5) is 4.48. The average molecular weight is 307 g/mol. The summed E-state index contributed by atoms with van der Waals surface area (Å²) in [6.45, 7) is 1.94. The predicted molar refractivity (Wildman–Crippen MR) is 80.1 cm³/mol. The lowest BCUT2D eigenvalue weighted by molar-refractivity contribution is 0.592. The Morgan fingerprint density at radius 1 is 1.14 bits per heavy atom. The van der Waals surface area contributed by atoms with Crippen molar-refractivity contribution in [1.29, 1.82) is 0 Å². The molecule has 108 valence electrons. The van der Waals surface area contributed by atoms with Crippen LogP contribution in [0.3, 0.4) is 0 Å². The minimum absolute atomic E-state index is 0.156. The van der Waals surface area contributed by atoms with Crippen molar-refractivity contribution in [3.05, 3.63) is 59.4 Å². The van der Waals surface area contributed by atoms with E-state index >= 15 is 0 Å². The Morgan fingerprint density at radius 3 is 2.71 bits per heavy atom. The topological polar surface area (TPSA) is 17.8 Å². The van der Waals surface area contributed by atoms with Gasteiger partial charge in [-0.05, 0) is 36.8 Å². The fraction of sp³-hybridized carbons (Fsp3) is 0.188. The molecule has 0 aliphatic heterocycles. The maximum atomic E-state index is 14.1. The number of hydrogen-bond donors (Lipinski definition) is 0. The van der Waals surface area contributed by atoms with E-state index < -0.39 is 11.6 Å². The molecule has 2 aromatic carbocycles. The summed E-state index contributed by atoms with van der Waals surface area (Å²) >= 11 is 5.80. The smallest absolute Gasteiger partial charge is 0.147 e. The molecule has 0 fully saturated rings. The van der Waals surface area contributed by atoms with Crippen molar-refractivity contribution < 1.29 is 8.78 Å². The Hall–Kier alpha value is -1.94. The number of rotatable bonds is 3. The maximum absolute atomic E-state index is 14.1. The van der Waals surface area contributed by atoms with Gasteiger partial charge in [0.15, 0.2) is 0 Å². The molecule has 0 spiro atoms. The summed E-state index contributed by atoms with van der Waals surface area (Å²) in [5, 5.41) is 0. The maximum Gasteiger partial charge on any atom is 0.147 e. The largest absolute Gasteiger partial charge is 0.293 e. The second-order valence-electron chi connectivity index (χ2n) is 4.89. The minimum atomic E-state index is -0.493. The van der Waals surface area contributed by atoms with E-state index in [9.17, 15) is 8.78 Å². The predicted octanol–water partition coefficient (Wildman–Crippen LogP) is 4.39. The van der Waals surface area contributed by atoms with Crippen LogP contribution in [0.2, 0.25) is 0 Å². The molecule has 3 rings (SSSR count). The van der Waals surface area contributed by atoms with Gasteiger partial charge in [0, 0.05) is 18.4 Å². The summed E-state index contributed by atoms with van der Waals surface area (Å²) in [6.07, 6.45) is 0.477. The second kappa shape index (κ2) is 5.45. The van der Waals surface area contributed by atoms with Crippen LogP contribution in [0.5, 0.6) is 0 Å². The SMILES string of the molecule is Cc1ccc2nc(CCCl)n(-c3cc(F)ccc3F)c2c1. The Labute approximate surface area is 126 Å². The molecule has 1 aromatic heterocycles. The first-order chi connectivity index (χ1) is 10.1. The number of benzene rings is 2. The van der Waals surface area contributed by atoms with E-state index in [-0.39, 0.29) is 5.69 Å². The molecule has 2 nitrogen and oxygen atoms in total. The first kappa shape index (κ1) is 14.0. The molecule has 0 N–H and O–H groups in total. The van der Waals surface area contributed by atoms with Gasteiger partial charge in [0.1, 0.15) is 17.5 Å². The fourth-order valence-corrected chi connectivity index (χ4v) is 2.58. The van der Waals surface area contributed by atoms with Gasteiger partial charge in [-0.1, -0.05) is 6.07 Å². The molecule has 0 atom stereocenters. The quantitative estimate of drug-likeness (QED) is 0.656. The van der Waals surface area contributed by atoms with Crippen molar-refractivity contribution in [3.63, 3.8) is 0 Å². The monoisotopic (exact) mass is 306 g/mol. The van der Waals surface area contributed by atoms with E-state index in [1.807, 2.05) is 25.1 Å². The van der Waals surface area contributed by atoms with Crippen molar-refractivity contribution in [3.8, 4) is 5.69 Å². The molecule has 0 aliphatic carbocycles. The highest BCUT2D eigenvalue weighted by atomic mass is 35.5. The molecule has 0 amide bonds. The molecule has 0 bridgehead atoms. The first-order valence-electron chi connectivity index (χ1n) is 6.59. The van der Waals surface area contributed by atoms with E-state index in [1.54, 1.807) is 4.57 Å². The molecular weight excluding hydrogens is 294 g/mol. The highest BCUT2D eigenvalue weighted by molar-refractivity contribution is 6.17. The molecule has 3 aromatic rings. The number of nitrogens with zero attached hydrogens (tertiary/aromatic N) is 2. The number of fused-ring (bicyclic) bond motifs is 1. The van der Waals surface area contributed by atoms with E-state index in [0.29, 0.717) is 18.1 Å². The highest BCUT2D eigenvalue weighted by Gasteiger charge is 2.16. The molecule has 1 heterocycles. The highest BCUT2D eigenvalue weighted by Crippen LogP contribution is 2.25. The summed E-state index contributed by atoms with van der Waals surface area (Å²) in [7, 11) is 0. The molecule has 0 aliphatic rings. The van der Waals surface area contributed by atoms with Crippen molar-refractivity contribution >= 4 is 22.6 Å². The molecule has 0 saturated carbocycles. The number of aryl methyl sites for hydroxylation is 2. The standard InChI is InChI=1S/C16H13ClF2N2/c1-10-2-5-13-15(8-10)21(16(20-13)6-7-17)14-9-11(18)3-4-12(14)19/h2-5,8-9H,6-7H2,1H3. The van der Waals surface area contributed by atoms with Crippen LogP contribution < -0.4 is 0 Å². The summed E-state index contributed by atoms with van der Waals surface area (Å²) < 4.78 is 29.3. The number of imidazole rings is 1. The Bertz CT molecular complexity index is 811. The molecule has 21 heavy (non-hydrogen) atoms. The Morgan fingerprint density at radius 2 is 1.95 bits per heavy atom. The van der Waals surface area contributed by atoms with Crippen LogP contribution in [0.4, 0.5) is 8.78 Å². The fourth-order valence-electron chi connectivity index (χ4n) is 2.41. The van der Waals surface area contributed by atoms with Gasteiger partial charge in [0.25, 0.3) is 0 Å². The number of aromatic nitrogens is 2. The van der Waals surface area contributed by atoms with Crippen molar-refractivity contribution in [2.75, 3.05) is 5.88 Å². The van der Waals surface area contributed by atoms with Gasteiger partial charge in [-0.25, -0.2) is 13.8 Å². The van der Waals surface area contributed by atoms with Crippen LogP contribution >= 0.6 is 11.6 Å². The zero-order valence-corrected chi connectivity index (χ0v) is 12.2. The lowest BCUT2D eigenvalue weighted by atomic mass is 10.2. The van der Waals surface area contributed by atoms with Gasteiger partial charge < -0.3 is 0 Å². The van der Waals surface area contributed by atoms with Gasteiger partial charge in [0.05, 0.1) is 16.7 Å². The zero-order chi connectivity index (χ0) is 15.0. The zero-order valence-electron chi connectivity index (χ0n) is 11.4. The molecule has 5 heteroatoms. The van der Waals surface area contributed by atoms with E-state index in [0.717, 1.165) is 28.7 Å². The van der Waals surface area contributed by atoms with Crippen LogP contribution in [-0.2, 0) is 6.42 Å². The molecule has 0 radical (unpaired) electrons. The third kappa shape index (κ3) is 2.51. The lowest BCUT2D eigenvalue weighted by Gasteiger charge is -2.10. The van der Waals surface area contributed by atoms with Gasteiger partial charge in [-0.3, -0.25) is 4.57 Å². The van der Waals surface area contributed by atoms with Crippen LogP contribution in [0.25, 0.3) is 16.7 Å². The molecular formula is C16H13ClF2N2. The van der Waals surface area contributed by atoms with Gasteiger partial charge >= 0.3 is 0 Å². The van der Waals surface area contributed by atoms with E-state index in [4.69, 9.17) is 11.6 Å². The summed E-state index contributed by atoms with van der Waals surface area (Å²) in [6, 6.07) is 9.12. The van der Waals surface area contributed by atoms with Gasteiger partial charge in [0.2, 0.25) is 0 Å². The summed E-state index contributed by atoms with van der Waals surface area (Å²) in [5.41, 5.74) is 2.67. The van der Waals surface area contributed by atoms with Crippen molar-refractivity contribution in [2.45, 2.75) is 13.3 Å². The normalized spacial score (nSPS) is 11.2. The summed E-state index contributed by atoms with van der Waals surface area (Å²) in [5.74, 6) is 0.0000366. The van der Waals surface area contributed by atoms with Crippen molar-refractivity contribution in [2.24, 2.45) is 0 Å². The van der Waals surface area contributed by atoms with Gasteiger partial charge in [-0.15, -0.1) is 11.6 Å². The minimum Gasteiger partial charge on any atom is -0.293 e. The second-order valence-corrected chi connectivity index (χ2v) is 5.27. The number of hydrogen-bond acceptors (Lipinski definition) is 1. The van der Waals surface area contributed by atoms with Crippen LogP contribution in [0.15, 0.2) is 36.4 Å². The average Bonchev–Trinajstić information content (AvgIpc) is 2.79. The van der Waals surface area contributed by atoms with E-state index in [2.05, 4.69) is 4.98 Å². The Kier molecular flexibility index (Phi) is 3.64. The van der Waals surface area contributed by atoms with Crippen molar-refractivity contribution in [1.82, 2.24) is 9.55 Å². The number of halogens is 3. The molecule has 0 unspecified atom stereocenters.